The quantitative estimate of drug-likeness (QED) is 0.595. The number of hydrogen-bond acceptors (Lipinski definition) is 3. The topological polar surface area (TPSA) is 67.5 Å². The van der Waals surface area contributed by atoms with Gasteiger partial charge in [-0.15, -0.1) is 0 Å². The van der Waals surface area contributed by atoms with Crippen molar-refractivity contribution in [3.63, 3.8) is 0 Å². The predicted molar refractivity (Wildman–Crippen MR) is 80.3 cm³/mol. The molecule has 0 bridgehead atoms. The highest BCUT2D eigenvalue weighted by molar-refractivity contribution is 5.94. The van der Waals surface area contributed by atoms with Crippen molar-refractivity contribution in [1.82, 2.24) is 14.6 Å². The van der Waals surface area contributed by atoms with Gasteiger partial charge in [0.1, 0.15) is 11.3 Å². The van der Waals surface area contributed by atoms with E-state index in [9.17, 15) is 39.9 Å². The van der Waals surface area contributed by atoms with Crippen LogP contribution in [0.2, 0.25) is 0 Å². The summed E-state index contributed by atoms with van der Waals surface area (Å²) in [5, 5.41) is 12.5. The summed E-state index contributed by atoms with van der Waals surface area (Å²) in [7, 11) is 0. The number of carboxylic acids is 1. The van der Waals surface area contributed by atoms with Gasteiger partial charge in [0, 0.05) is 5.56 Å². The number of halogens is 8. The second-order valence-corrected chi connectivity index (χ2v) is 5.72. The average molecular weight is 425 g/mol. The summed E-state index contributed by atoms with van der Waals surface area (Å²) in [6, 6.07) is 1.52. The molecule has 2 aromatic heterocycles. The van der Waals surface area contributed by atoms with Gasteiger partial charge in [0.05, 0.1) is 23.0 Å². The molecule has 3 rings (SSSR count). The lowest BCUT2D eigenvalue weighted by atomic mass is 10.0. The second-order valence-electron chi connectivity index (χ2n) is 5.72. The molecule has 0 saturated carbocycles. The monoisotopic (exact) mass is 425 g/mol. The third kappa shape index (κ3) is 3.71. The molecule has 0 saturated heterocycles. The maximum Gasteiger partial charge on any atom is 0.417 e. The zero-order chi connectivity index (χ0) is 21.7. The fourth-order valence-corrected chi connectivity index (χ4v) is 2.63. The van der Waals surface area contributed by atoms with Crippen LogP contribution < -0.4 is 0 Å². The van der Waals surface area contributed by atoms with Gasteiger partial charge in [0.25, 0.3) is 6.43 Å². The number of aromatic nitrogens is 3. The first-order valence-electron chi connectivity index (χ1n) is 7.49. The highest BCUT2D eigenvalue weighted by Gasteiger charge is 2.43. The Hall–Kier alpha value is -3.25. The second kappa shape index (κ2) is 6.67. The minimum absolute atomic E-state index is 0.119. The smallest absolute Gasteiger partial charge is 0.417 e. The van der Waals surface area contributed by atoms with Crippen LogP contribution in [0.4, 0.5) is 35.1 Å². The van der Waals surface area contributed by atoms with E-state index in [0.717, 1.165) is 0 Å². The zero-order valence-corrected chi connectivity index (χ0v) is 13.7. The van der Waals surface area contributed by atoms with Crippen molar-refractivity contribution in [2.75, 3.05) is 0 Å². The number of alkyl halides is 8. The van der Waals surface area contributed by atoms with Crippen LogP contribution in [0.5, 0.6) is 0 Å². The summed E-state index contributed by atoms with van der Waals surface area (Å²) in [6.45, 7) is 0. The molecule has 154 valence electrons. The molecule has 0 unspecified atom stereocenters. The summed E-state index contributed by atoms with van der Waals surface area (Å²) in [5.74, 6) is -1.59. The lowest BCUT2D eigenvalue weighted by Gasteiger charge is -2.17. The molecule has 0 aliphatic carbocycles. The van der Waals surface area contributed by atoms with Gasteiger partial charge in [-0.25, -0.2) is 23.1 Å². The molecule has 5 nitrogen and oxygen atoms in total. The molecule has 0 fully saturated rings. The van der Waals surface area contributed by atoms with E-state index in [2.05, 4.69) is 10.1 Å². The number of carboxylic acid groups (broad SMARTS) is 1. The molecule has 13 heteroatoms. The molecule has 2 heterocycles. The van der Waals surface area contributed by atoms with Crippen LogP contribution in [-0.2, 0) is 12.4 Å². The maximum atomic E-state index is 13.3. The number of carbonyl (C=O) groups is 1. The summed E-state index contributed by atoms with van der Waals surface area (Å²) in [6.07, 6.45) is -13.2. The van der Waals surface area contributed by atoms with Crippen LogP contribution in [-0.4, -0.2) is 25.7 Å². The van der Waals surface area contributed by atoms with Crippen LogP contribution in [0, 0.1) is 0 Å². The van der Waals surface area contributed by atoms with Gasteiger partial charge >= 0.3 is 18.3 Å². The van der Waals surface area contributed by atoms with E-state index < -0.39 is 64.0 Å². The largest absolute Gasteiger partial charge is 0.477 e. The minimum atomic E-state index is -5.39. The zero-order valence-electron chi connectivity index (χ0n) is 13.7. The highest BCUT2D eigenvalue weighted by atomic mass is 19.4. The predicted octanol–water partition coefficient (Wildman–Crippen LogP) is 5.07. The lowest BCUT2D eigenvalue weighted by Crippen LogP contribution is -2.16. The average Bonchev–Trinajstić information content (AvgIpc) is 3.02. The first kappa shape index (κ1) is 20.5. The minimum Gasteiger partial charge on any atom is -0.477 e. The Morgan fingerprint density at radius 1 is 1.00 bits per heavy atom. The Balaban J connectivity index is 2.30. The third-order valence-corrected chi connectivity index (χ3v) is 3.88. The van der Waals surface area contributed by atoms with Crippen molar-refractivity contribution < 1.29 is 45.0 Å². The molecule has 0 aliphatic heterocycles. The summed E-state index contributed by atoms with van der Waals surface area (Å²) >= 11 is 0. The van der Waals surface area contributed by atoms with Crippen LogP contribution in [0.3, 0.4) is 0 Å². The van der Waals surface area contributed by atoms with Gasteiger partial charge in [-0.05, 0) is 18.2 Å². The van der Waals surface area contributed by atoms with E-state index in [4.69, 9.17) is 5.11 Å². The number of benzene rings is 1. The van der Waals surface area contributed by atoms with Crippen molar-refractivity contribution in [3.05, 3.63) is 52.8 Å². The molecule has 1 aromatic carbocycles. The van der Waals surface area contributed by atoms with Crippen LogP contribution in [0.1, 0.15) is 33.6 Å². The normalized spacial score (nSPS) is 12.7. The Bertz CT molecular complexity index is 1100. The van der Waals surface area contributed by atoms with Crippen molar-refractivity contribution in [2.24, 2.45) is 0 Å². The number of rotatable bonds is 3. The molecular formula is C16H7F8N3O2. The van der Waals surface area contributed by atoms with Crippen molar-refractivity contribution in [1.29, 1.82) is 0 Å². The molecule has 29 heavy (non-hydrogen) atoms. The van der Waals surface area contributed by atoms with Crippen molar-refractivity contribution in [3.8, 4) is 11.3 Å². The summed E-state index contributed by atoms with van der Waals surface area (Å²) < 4.78 is 105. The fraction of sp³-hybridized carbons (Fsp3) is 0.188. The Labute approximate surface area is 155 Å². The standard InChI is InChI=1S/C16H7F8N3O2/c17-12(18)11-4-10(26-13-7(14(28)29)5-25-27(11)13)6-1-2-8(15(19,20)21)9(3-6)16(22,23)24/h1-5,12H,(H,28,29). The molecule has 0 radical (unpaired) electrons. The van der Waals surface area contributed by atoms with Crippen molar-refractivity contribution >= 4 is 11.6 Å². The number of fused-ring (bicyclic) bond motifs is 1. The molecule has 3 aromatic rings. The molecule has 0 aliphatic rings. The molecule has 0 amide bonds. The van der Waals surface area contributed by atoms with Gasteiger partial charge in [0.15, 0.2) is 5.65 Å². The van der Waals surface area contributed by atoms with E-state index in [1.807, 2.05) is 0 Å². The molecule has 1 N–H and O–H groups in total. The van der Waals surface area contributed by atoms with Gasteiger partial charge in [-0.3, -0.25) is 0 Å². The van der Waals surface area contributed by atoms with E-state index in [1.54, 1.807) is 0 Å². The third-order valence-electron chi connectivity index (χ3n) is 3.88. The molecule has 0 atom stereocenters. The van der Waals surface area contributed by atoms with E-state index in [0.29, 0.717) is 22.8 Å². The van der Waals surface area contributed by atoms with Crippen molar-refractivity contribution in [2.45, 2.75) is 18.8 Å². The first-order chi connectivity index (χ1) is 13.3. The maximum absolute atomic E-state index is 13.3. The van der Waals surface area contributed by atoms with Crippen LogP contribution >= 0.6 is 0 Å². The van der Waals surface area contributed by atoms with Gasteiger partial charge < -0.3 is 5.11 Å². The van der Waals surface area contributed by atoms with Gasteiger partial charge in [-0.2, -0.15) is 31.4 Å². The van der Waals surface area contributed by atoms with E-state index in [-0.39, 0.29) is 12.1 Å². The van der Waals surface area contributed by atoms with Crippen LogP contribution in [0.25, 0.3) is 16.9 Å². The van der Waals surface area contributed by atoms with Crippen LogP contribution in [0.15, 0.2) is 30.5 Å². The summed E-state index contributed by atoms with van der Waals surface area (Å²) in [5.41, 5.74) is -7.24. The number of aromatic carboxylic acids is 1. The Kier molecular flexibility index (Phi) is 4.71. The lowest BCUT2D eigenvalue weighted by molar-refractivity contribution is -0.162. The Morgan fingerprint density at radius 2 is 1.62 bits per heavy atom. The van der Waals surface area contributed by atoms with Gasteiger partial charge in [-0.1, -0.05) is 6.07 Å². The Morgan fingerprint density at radius 3 is 2.14 bits per heavy atom. The first-order valence-corrected chi connectivity index (χ1v) is 7.49. The number of nitrogens with zero attached hydrogens (tertiary/aromatic N) is 3. The highest BCUT2D eigenvalue weighted by Crippen LogP contribution is 2.42. The molecule has 0 spiro atoms. The fourth-order valence-electron chi connectivity index (χ4n) is 2.63. The molecular weight excluding hydrogens is 418 g/mol. The number of hydrogen-bond donors (Lipinski definition) is 1. The SMILES string of the molecule is O=C(O)c1cnn2c(C(F)F)cc(-c3ccc(C(F)(F)F)c(C(F)(F)F)c3)nc12. The summed E-state index contributed by atoms with van der Waals surface area (Å²) in [4.78, 5) is 14.9. The van der Waals surface area contributed by atoms with E-state index in [1.165, 1.54) is 0 Å². The van der Waals surface area contributed by atoms with Gasteiger partial charge in [0.2, 0.25) is 0 Å². The van der Waals surface area contributed by atoms with E-state index >= 15 is 0 Å².